The van der Waals surface area contributed by atoms with E-state index in [9.17, 15) is 9.18 Å². The summed E-state index contributed by atoms with van der Waals surface area (Å²) in [5, 5.41) is 14.7. The Labute approximate surface area is 129 Å². The fourth-order valence-electron chi connectivity index (χ4n) is 2.62. The third kappa shape index (κ3) is 5.18. The van der Waals surface area contributed by atoms with Crippen LogP contribution in [0.4, 0.5) is 10.1 Å². The smallest absolute Gasteiger partial charge is 0.239 e. The normalized spacial score (nSPS) is 15.4. The Morgan fingerprint density at radius 3 is 2.82 bits per heavy atom. The van der Waals surface area contributed by atoms with Crippen LogP contribution in [0.5, 0.6) is 5.75 Å². The highest BCUT2D eigenvalue weighted by atomic mass is 19.1. The van der Waals surface area contributed by atoms with E-state index in [1.165, 1.54) is 24.6 Å². The minimum Gasteiger partial charge on any atom is -0.489 e. The van der Waals surface area contributed by atoms with Gasteiger partial charge in [-0.1, -0.05) is 19.3 Å². The molecule has 2 rings (SSSR count). The summed E-state index contributed by atoms with van der Waals surface area (Å²) in [5.74, 6) is -0.214. The van der Waals surface area contributed by atoms with Gasteiger partial charge in [-0.2, -0.15) is 0 Å². The van der Waals surface area contributed by atoms with Crippen molar-refractivity contribution in [2.24, 2.45) is 0 Å². The number of aliphatic hydroxyl groups is 1. The Morgan fingerprint density at radius 1 is 1.32 bits per heavy atom. The molecule has 3 N–H and O–H groups in total. The third-order valence-electron chi connectivity index (χ3n) is 3.70. The van der Waals surface area contributed by atoms with Crippen molar-refractivity contribution in [2.45, 2.75) is 38.1 Å². The number of ether oxygens (including phenoxy) is 1. The molecule has 1 amide bonds. The first-order chi connectivity index (χ1) is 10.7. The van der Waals surface area contributed by atoms with Gasteiger partial charge in [0.15, 0.2) is 0 Å². The standard InChI is InChI=1S/C16H23FN2O3/c17-12-6-7-14(15(10-12)22-9-8-20)18-11-16(21)19-13-4-2-1-3-5-13/h6-7,10,13,18,20H,1-5,8-9,11H2,(H,19,21). The van der Waals surface area contributed by atoms with Gasteiger partial charge in [-0.05, 0) is 25.0 Å². The number of aliphatic hydroxyl groups excluding tert-OH is 1. The highest BCUT2D eigenvalue weighted by Gasteiger charge is 2.15. The lowest BCUT2D eigenvalue weighted by molar-refractivity contribution is -0.120. The molecule has 0 spiro atoms. The van der Waals surface area contributed by atoms with E-state index in [0.717, 1.165) is 25.7 Å². The molecule has 6 heteroatoms. The van der Waals surface area contributed by atoms with Crippen molar-refractivity contribution < 1.29 is 19.0 Å². The first kappa shape index (κ1) is 16.5. The zero-order valence-corrected chi connectivity index (χ0v) is 12.6. The van der Waals surface area contributed by atoms with E-state index in [2.05, 4.69) is 10.6 Å². The molecule has 0 bridgehead atoms. The van der Waals surface area contributed by atoms with Crippen molar-refractivity contribution in [2.75, 3.05) is 25.1 Å². The summed E-state index contributed by atoms with van der Waals surface area (Å²) < 4.78 is 18.5. The lowest BCUT2D eigenvalue weighted by atomic mass is 9.95. The first-order valence-corrected chi connectivity index (χ1v) is 7.75. The summed E-state index contributed by atoms with van der Waals surface area (Å²) in [6.45, 7) is 0.0299. The molecule has 0 heterocycles. The van der Waals surface area contributed by atoms with E-state index in [0.29, 0.717) is 11.4 Å². The Kier molecular flexibility index (Phi) is 6.45. The molecule has 0 atom stereocenters. The SMILES string of the molecule is O=C(CNc1ccc(F)cc1OCCO)NC1CCCCC1. The van der Waals surface area contributed by atoms with E-state index >= 15 is 0 Å². The number of rotatable bonds is 7. The molecule has 0 aliphatic heterocycles. The molecular formula is C16H23FN2O3. The summed E-state index contributed by atoms with van der Waals surface area (Å²) in [4.78, 5) is 11.9. The van der Waals surface area contributed by atoms with Crippen molar-refractivity contribution in [1.29, 1.82) is 0 Å². The minimum absolute atomic E-state index is 0.0758. The molecule has 0 aromatic heterocycles. The fourth-order valence-corrected chi connectivity index (χ4v) is 2.62. The largest absolute Gasteiger partial charge is 0.489 e. The Balaban J connectivity index is 1.85. The van der Waals surface area contributed by atoms with Crippen molar-refractivity contribution in [3.8, 4) is 5.75 Å². The highest BCUT2D eigenvalue weighted by molar-refractivity contribution is 5.81. The van der Waals surface area contributed by atoms with Crippen LogP contribution in [0.1, 0.15) is 32.1 Å². The van der Waals surface area contributed by atoms with E-state index < -0.39 is 5.82 Å². The topological polar surface area (TPSA) is 70.6 Å². The van der Waals surface area contributed by atoms with Gasteiger partial charge in [0.25, 0.3) is 0 Å². The number of carbonyl (C=O) groups excluding carboxylic acids is 1. The Hall–Kier alpha value is -1.82. The fraction of sp³-hybridized carbons (Fsp3) is 0.562. The number of carbonyl (C=O) groups is 1. The third-order valence-corrected chi connectivity index (χ3v) is 3.70. The molecule has 1 aliphatic carbocycles. The lowest BCUT2D eigenvalue weighted by Gasteiger charge is -2.23. The van der Waals surface area contributed by atoms with Crippen LogP contribution in [0, 0.1) is 5.82 Å². The van der Waals surface area contributed by atoms with E-state index in [1.54, 1.807) is 0 Å². The van der Waals surface area contributed by atoms with Crippen molar-refractivity contribution >= 4 is 11.6 Å². The van der Waals surface area contributed by atoms with Gasteiger partial charge in [-0.15, -0.1) is 0 Å². The number of nitrogens with one attached hydrogen (secondary N) is 2. The molecule has 5 nitrogen and oxygen atoms in total. The molecule has 1 fully saturated rings. The number of halogens is 1. The Morgan fingerprint density at radius 2 is 2.09 bits per heavy atom. The molecule has 0 radical (unpaired) electrons. The van der Waals surface area contributed by atoms with Gasteiger partial charge in [0, 0.05) is 12.1 Å². The Bertz CT molecular complexity index is 490. The summed E-state index contributed by atoms with van der Waals surface area (Å²) in [6.07, 6.45) is 5.64. The molecule has 122 valence electrons. The summed E-state index contributed by atoms with van der Waals surface area (Å²) >= 11 is 0. The second-order valence-electron chi connectivity index (χ2n) is 5.47. The van der Waals surface area contributed by atoms with Crippen LogP contribution in [0.25, 0.3) is 0 Å². The molecular weight excluding hydrogens is 287 g/mol. The molecule has 1 saturated carbocycles. The molecule has 0 saturated heterocycles. The zero-order valence-electron chi connectivity index (χ0n) is 12.6. The van der Waals surface area contributed by atoms with Gasteiger partial charge < -0.3 is 20.5 Å². The number of hydrogen-bond donors (Lipinski definition) is 3. The lowest BCUT2D eigenvalue weighted by Crippen LogP contribution is -2.39. The van der Waals surface area contributed by atoms with Crippen LogP contribution in [0.15, 0.2) is 18.2 Å². The molecule has 1 aromatic carbocycles. The maximum atomic E-state index is 13.2. The summed E-state index contributed by atoms with van der Waals surface area (Å²) in [7, 11) is 0. The minimum atomic E-state index is -0.426. The second kappa shape index (κ2) is 8.58. The quantitative estimate of drug-likeness (QED) is 0.721. The first-order valence-electron chi connectivity index (χ1n) is 7.75. The van der Waals surface area contributed by atoms with Crippen LogP contribution in [0.2, 0.25) is 0 Å². The average molecular weight is 310 g/mol. The summed E-state index contributed by atoms with van der Waals surface area (Å²) in [5.41, 5.74) is 0.536. The molecule has 1 aromatic rings. The molecule has 22 heavy (non-hydrogen) atoms. The van der Waals surface area contributed by atoms with Gasteiger partial charge in [-0.3, -0.25) is 4.79 Å². The maximum Gasteiger partial charge on any atom is 0.239 e. The van der Waals surface area contributed by atoms with Crippen LogP contribution in [-0.2, 0) is 4.79 Å². The van der Waals surface area contributed by atoms with Crippen LogP contribution in [0.3, 0.4) is 0 Å². The van der Waals surface area contributed by atoms with Crippen molar-refractivity contribution in [1.82, 2.24) is 5.32 Å². The molecule has 1 aliphatic rings. The van der Waals surface area contributed by atoms with E-state index in [1.807, 2.05) is 0 Å². The summed E-state index contributed by atoms with van der Waals surface area (Å²) in [6, 6.07) is 4.32. The van der Waals surface area contributed by atoms with Gasteiger partial charge in [0.2, 0.25) is 5.91 Å². The number of benzene rings is 1. The second-order valence-corrected chi connectivity index (χ2v) is 5.47. The number of hydrogen-bond acceptors (Lipinski definition) is 4. The van der Waals surface area contributed by atoms with Gasteiger partial charge in [0.1, 0.15) is 18.2 Å². The monoisotopic (exact) mass is 310 g/mol. The van der Waals surface area contributed by atoms with Gasteiger partial charge in [0.05, 0.1) is 18.8 Å². The van der Waals surface area contributed by atoms with Crippen LogP contribution >= 0.6 is 0 Å². The van der Waals surface area contributed by atoms with E-state index in [-0.39, 0.29) is 31.7 Å². The van der Waals surface area contributed by atoms with Gasteiger partial charge >= 0.3 is 0 Å². The zero-order chi connectivity index (χ0) is 15.8. The van der Waals surface area contributed by atoms with Crippen molar-refractivity contribution in [3.63, 3.8) is 0 Å². The predicted octanol–water partition coefficient (Wildman–Crippen LogP) is 2.06. The number of anilines is 1. The number of amides is 1. The van der Waals surface area contributed by atoms with Crippen LogP contribution in [-0.4, -0.2) is 36.8 Å². The maximum absolute atomic E-state index is 13.2. The van der Waals surface area contributed by atoms with E-state index in [4.69, 9.17) is 9.84 Å². The highest BCUT2D eigenvalue weighted by Crippen LogP contribution is 2.25. The molecule has 0 unspecified atom stereocenters. The van der Waals surface area contributed by atoms with Gasteiger partial charge in [-0.25, -0.2) is 4.39 Å². The van der Waals surface area contributed by atoms with Crippen molar-refractivity contribution in [3.05, 3.63) is 24.0 Å². The average Bonchev–Trinajstić information content (AvgIpc) is 2.53. The predicted molar refractivity (Wildman–Crippen MR) is 82.5 cm³/mol. The van der Waals surface area contributed by atoms with Crippen LogP contribution < -0.4 is 15.4 Å².